The molecule has 48 valence electrons. The molecule has 0 bridgehead atoms. The number of hydrogen-bond acceptors (Lipinski definition) is 0. The summed E-state index contributed by atoms with van der Waals surface area (Å²) in [5, 5.41) is 0. The van der Waals surface area contributed by atoms with Gasteiger partial charge in [0.15, 0.2) is 0 Å². The van der Waals surface area contributed by atoms with E-state index in [0.717, 1.165) is 0 Å². The molecule has 0 aliphatic carbocycles. The molecule has 0 spiro atoms. The van der Waals surface area contributed by atoms with Crippen molar-refractivity contribution in [3.05, 3.63) is 36.4 Å². The van der Waals surface area contributed by atoms with Crippen molar-refractivity contribution < 1.29 is 20.0 Å². The Hall–Kier alpha value is 0.250. The van der Waals surface area contributed by atoms with Crippen LogP contribution in [0.4, 0.5) is 0 Å². The van der Waals surface area contributed by atoms with Gasteiger partial charge in [0.05, 0.1) is 0 Å². The maximum Gasteiger partial charge on any atom is -0.171 e. The van der Waals surface area contributed by atoms with E-state index in [4.69, 9.17) is 0 Å². The van der Waals surface area contributed by atoms with E-state index in [9.17, 15) is 0 Å². The van der Waals surface area contributed by atoms with Gasteiger partial charge in [0, 0.05) is 0 Å². The Morgan fingerprint density at radius 2 is 1.50 bits per heavy atom. The molecule has 0 aliphatic rings. The topological polar surface area (TPSA) is 0 Å². The zero-order valence-corrected chi connectivity index (χ0v) is 6.99. The minimum absolute atomic E-state index is 1.75. The summed E-state index contributed by atoms with van der Waals surface area (Å²) >= 11 is 1.75. The fourth-order valence-corrected chi connectivity index (χ4v) is 0.342. The van der Waals surface area contributed by atoms with Crippen LogP contribution >= 0.6 is 9.19 Å². The molecule has 0 saturated heterocycles. The Balaban J connectivity index is 0.000000222. The monoisotopic (exact) mass is 309 g/mol. The second-order valence-corrected chi connectivity index (χ2v) is 1.08. The molecule has 0 atom stereocenters. The van der Waals surface area contributed by atoms with Crippen LogP contribution in [0, 0.1) is 6.07 Å². The van der Waals surface area contributed by atoms with Crippen LogP contribution in [0.15, 0.2) is 30.3 Å². The predicted molar refractivity (Wildman–Crippen MR) is 31.1 cm³/mol. The SMILES string of the molecule is [Cl][Au].[c-]1ccccc1. The van der Waals surface area contributed by atoms with Crippen molar-refractivity contribution in [3.8, 4) is 0 Å². The van der Waals surface area contributed by atoms with Crippen LogP contribution in [-0.2, 0) is 20.0 Å². The molecular formula is C6H5AuCl-. The summed E-state index contributed by atoms with van der Waals surface area (Å²) in [7, 11) is 4.58. The normalized spacial score (nSPS) is 6.88. The molecule has 0 unspecified atom stereocenters. The van der Waals surface area contributed by atoms with Gasteiger partial charge in [0.1, 0.15) is 0 Å². The van der Waals surface area contributed by atoms with Gasteiger partial charge < -0.3 is 0 Å². The second-order valence-electron chi connectivity index (χ2n) is 1.08. The Kier molecular flexibility index (Phi) is 7.48. The van der Waals surface area contributed by atoms with Crippen LogP contribution in [0.2, 0.25) is 0 Å². The number of benzene rings is 1. The first-order valence-corrected chi connectivity index (χ1v) is 4.71. The molecule has 0 radical (unpaired) electrons. The Bertz CT molecular complexity index is 80.5. The van der Waals surface area contributed by atoms with Crippen LogP contribution in [0.25, 0.3) is 0 Å². The van der Waals surface area contributed by atoms with E-state index in [-0.39, 0.29) is 0 Å². The standard InChI is InChI=1S/C6H5.Au.ClH/c1-2-4-6-5-3-1;;/h1-5H;;1H/q-1;+1;/p-1. The molecule has 0 saturated carbocycles. The Labute approximate surface area is 65.6 Å². The molecule has 0 aliphatic heterocycles. The van der Waals surface area contributed by atoms with Crippen molar-refractivity contribution in [2.45, 2.75) is 0 Å². The largest absolute Gasteiger partial charge is 0.184 e. The summed E-state index contributed by atoms with van der Waals surface area (Å²) in [5.74, 6) is 0. The van der Waals surface area contributed by atoms with Crippen LogP contribution in [0.1, 0.15) is 0 Å². The molecule has 0 amide bonds. The van der Waals surface area contributed by atoms with Gasteiger partial charge in [-0.05, 0) is 0 Å². The van der Waals surface area contributed by atoms with E-state index >= 15 is 0 Å². The number of hydrogen-bond donors (Lipinski definition) is 0. The summed E-state index contributed by atoms with van der Waals surface area (Å²) in [5.41, 5.74) is 0. The quantitative estimate of drug-likeness (QED) is 0.509. The minimum atomic E-state index is 1.75. The molecule has 1 aromatic rings. The third-order valence-corrected chi connectivity index (χ3v) is 0.607. The van der Waals surface area contributed by atoms with Crippen molar-refractivity contribution in [1.82, 2.24) is 0 Å². The van der Waals surface area contributed by atoms with Crippen molar-refractivity contribution in [2.24, 2.45) is 0 Å². The van der Waals surface area contributed by atoms with Gasteiger partial charge in [0.25, 0.3) is 0 Å². The maximum atomic E-state index is 4.58. The van der Waals surface area contributed by atoms with Gasteiger partial charge in [-0.25, -0.2) is 0 Å². The van der Waals surface area contributed by atoms with E-state index in [0.29, 0.717) is 0 Å². The minimum Gasteiger partial charge on any atom is -0.184 e. The summed E-state index contributed by atoms with van der Waals surface area (Å²) < 4.78 is 0. The zero-order chi connectivity index (χ0) is 6.24. The van der Waals surface area contributed by atoms with Gasteiger partial charge in [-0.1, -0.05) is 0 Å². The summed E-state index contributed by atoms with van der Waals surface area (Å²) in [6, 6.07) is 12.5. The van der Waals surface area contributed by atoms with E-state index < -0.39 is 0 Å². The summed E-state index contributed by atoms with van der Waals surface area (Å²) in [4.78, 5) is 0. The summed E-state index contributed by atoms with van der Waals surface area (Å²) in [6.45, 7) is 0. The molecule has 0 fully saturated rings. The Morgan fingerprint density at radius 3 is 1.62 bits per heavy atom. The molecular weight excluding hydrogens is 304 g/mol. The molecule has 2 heteroatoms. The van der Waals surface area contributed by atoms with Gasteiger partial charge in [-0.3, -0.25) is 0 Å². The van der Waals surface area contributed by atoms with Crippen LogP contribution < -0.4 is 0 Å². The van der Waals surface area contributed by atoms with E-state index in [2.05, 4.69) is 15.3 Å². The molecule has 8 heavy (non-hydrogen) atoms. The van der Waals surface area contributed by atoms with Gasteiger partial charge in [-0.15, -0.1) is 0 Å². The van der Waals surface area contributed by atoms with Crippen molar-refractivity contribution in [2.75, 3.05) is 0 Å². The average molecular weight is 310 g/mol. The van der Waals surface area contributed by atoms with Gasteiger partial charge >= 0.3 is 29.2 Å². The summed E-state index contributed by atoms with van der Waals surface area (Å²) in [6.07, 6.45) is 0. The van der Waals surface area contributed by atoms with E-state index in [1.807, 2.05) is 30.3 Å². The first-order chi connectivity index (χ1) is 4.00. The van der Waals surface area contributed by atoms with Crippen LogP contribution in [0.3, 0.4) is 0 Å². The molecule has 1 rings (SSSR count). The van der Waals surface area contributed by atoms with E-state index in [1.54, 1.807) is 20.0 Å². The Morgan fingerprint density at radius 1 is 1.00 bits per heavy atom. The average Bonchev–Trinajstić information content (AvgIpc) is 1.96. The van der Waals surface area contributed by atoms with Gasteiger partial charge in [0.2, 0.25) is 0 Å². The third kappa shape index (κ3) is 4.41. The second kappa shape index (κ2) is 7.25. The molecule has 0 aromatic heterocycles. The first-order valence-electron chi connectivity index (χ1n) is 2.02. The van der Waals surface area contributed by atoms with Crippen LogP contribution in [0.5, 0.6) is 0 Å². The smallest absolute Gasteiger partial charge is 0.171 e. The molecule has 0 nitrogen and oxygen atoms in total. The molecule has 1 aromatic carbocycles. The van der Waals surface area contributed by atoms with Crippen molar-refractivity contribution >= 4 is 9.19 Å². The van der Waals surface area contributed by atoms with Crippen molar-refractivity contribution in [1.29, 1.82) is 0 Å². The maximum absolute atomic E-state index is 4.58. The fourth-order valence-electron chi connectivity index (χ4n) is 0.342. The number of halogens is 1. The fraction of sp³-hybridized carbons (Fsp3) is 0. The van der Waals surface area contributed by atoms with E-state index in [1.165, 1.54) is 0 Å². The first kappa shape index (κ1) is 8.25. The van der Waals surface area contributed by atoms with Gasteiger partial charge in [-0.2, -0.15) is 36.4 Å². The molecule has 0 heterocycles. The predicted octanol–water partition coefficient (Wildman–Crippen LogP) is 2.17. The number of rotatable bonds is 0. The molecule has 0 N–H and O–H groups in total. The van der Waals surface area contributed by atoms with Crippen LogP contribution in [-0.4, -0.2) is 0 Å². The van der Waals surface area contributed by atoms with Crippen molar-refractivity contribution in [3.63, 3.8) is 0 Å². The third-order valence-electron chi connectivity index (χ3n) is 0.607. The zero-order valence-electron chi connectivity index (χ0n) is 4.07.